The van der Waals surface area contributed by atoms with Crippen molar-refractivity contribution in [3.63, 3.8) is 0 Å². The number of benzene rings is 3. The Morgan fingerprint density at radius 2 is 1.74 bits per heavy atom. The maximum atomic E-state index is 13.9. The zero-order chi connectivity index (χ0) is 18.8. The summed E-state index contributed by atoms with van der Waals surface area (Å²) >= 11 is 0. The van der Waals surface area contributed by atoms with E-state index in [0.717, 1.165) is 16.3 Å². The highest BCUT2D eigenvalue weighted by Crippen LogP contribution is 2.20. The molecule has 4 nitrogen and oxygen atoms in total. The summed E-state index contributed by atoms with van der Waals surface area (Å²) < 4.78 is 15.3. The molecule has 0 N–H and O–H groups in total. The molecular weight excluding hydrogens is 341 g/mol. The Morgan fingerprint density at radius 3 is 2.59 bits per heavy atom. The minimum Gasteiger partial charge on any atom is -0.336 e. The summed E-state index contributed by atoms with van der Waals surface area (Å²) in [5.74, 6) is -0.596. The molecule has 0 aliphatic carbocycles. The summed E-state index contributed by atoms with van der Waals surface area (Å²) in [7, 11) is 1.74. The van der Waals surface area contributed by atoms with Gasteiger partial charge in [-0.25, -0.2) is 9.07 Å². The molecule has 1 aromatic heterocycles. The normalized spacial score (nSPS) is 10.9. The van der Waals surface area contributed by atoms with Crippen molar-refractivity contribution in [2.24, 2.45) is 0 Å². The highest BCUT2D eigenvalue weighted by atomic mass is 19.1. The van der Waals surface area contributed by atoms with Gasteiger partial charge in [0.15, 0.2) is 5.69 Å². The zero-order valence-electron chi connectivity index (χ0n) is 14.8. The quantitative estimate of drug-likeness (QED) is 0.540. The van der Waals surface area contributed by atoms with E-state index in [4.69, 9.17) is 0 Å². The fourth-order valence-corrected chi connectivity index (χ4v) is 3.16. The predicted octanol–water partition coefficient (Wildman–Crippen LogP) is 4.44. The minimum atomic E-state index is -0.385. The van der Waals surface area contributed by atoms with E-state index in [0.29, 0.717) is 12.2 Å². The fourth-order valence-electron chi connectivity index (χ4n) is 3.16. The number of rotatable bonds is 4. The molecule has 0 atom stereocenters. The first kappa shape index (κ1) is 17.0. The summed E-state index contributed by atoms with van der Waals surface area (Å²) in [5, 5.41) is 6.51. The molecule has 4 rings (SSSR count). The lowest BCUT2D eigenvalue weighted by molar-refractivity contribution is 0.0779. The molecule has 0 bridgehead atoms. The molecule has 5 heteroatoms. The van der Waals surface area contributed by atoms with Crippen molar-refractivity contribution in [2.75, 3.05) is 7.05 Å². The van der Waals surface area contributed by atoms with E-state index in [1.54, 1.807) is 42.4 Å². The standard InChI is InChI=1S/C22H18FN3O/c1-25(15-17-9-6-8-16-7-2-3-10-18(16)17)22(27)20-13-14-26(24-20)21-12-5-4-11-19(21)23/h2-14H,15H2,1H3. The van der Waals surface area contributed by atoms with Crippen LogP contribution in [-0.4, -0.2) is 27.6 Å². The highest BCUT2D eigenvalue weighted by Gasteiger charge is 2.17. The van der Waals surface area contributed by atoms with Crippen LogP contribution < -0.4 is 0 Å². The Hall–Kier alpha value is -3.47. The molecule has 0 aliphatic heterocycles. The number of carbonyl (C=O) groups excluding carboxylic acids is 1. The van der Waals surface area contributed by atoms with Crippen molar-refractivity contribution in [2.45, 2.75) is 6.54 Å². The number of amides is 1. The van der Waals surface area contributed by atoms with Gasteiger partial charge in [-0.2, -0.15) is 5.10 Å². The van der Waals surface area contributed by atoms with Gasteiger partial charge in [0.1, 0.15) is 11.5 Å². The number of halogens is 1. The molecule has 0 saturated carbocycles. The molecule has 1 amide bonds. The van der Waals surface area contributed by atoms with Crippen LogP contribution in [0.5, 0.6) is 0 Å². The van der Waals surface area contributed by atoms with Crippen LogP contribution in [0.25, 0.3) is 16.5 Å². The van der Waals surface area contributed by atoms with Crippen LogP contribution in [0.4, 0.5) is 4.39 Å². The lowest BCUT2D eigenvalue weighted by Gasteiger charge is -2.17. The first-order valence-corrected chi connectivity index (χ1v) is 8.66. The highest BCUT2D eigenvalue weighted by molar-refractivity contribution is 5.92. The molecule has 27 heavy (non-hydrogen) atoms. The predicted molar refractivity (Wildman–Crippen MR) is 103 cm³/mol. The van der Waals surface area contributed by atoms with Crippen molar-refractivity contribution in [1.29, 1.82) is 0 Å². The van der Waals surface area contributed by atoms with Crippen molar-refractivity contribution in [1.82, 2.24) is 14.7 Å². The number of para-hydroxylation sites is 1. The molecule has 134 valence electrons. The van der Waals surface area contributed by atoms with Crippen LogP contribution >= 0.6 is 0 Å². The smallest absolute Gasteiger partial charge is 0.274 e. The molecule has 0 unspecified atom stereocenters. The summed E-state index contributed by atoms with van der Waals surface area (Å²) in [4.78, 5) is 14.4. The molecule has 0 spiro atoms. The molecule has 0 fully saturated rings. The summed E-state index contributed by atoms with van der Waals surface area (Å²) in [6.07, 6.45) is 1.59. The first-order chi connectivity index (χ1) is 13.1. The van der Waals surface area contributed by atoms with E-state index in [1.807, 2.05) is 24.3 Å². The van der Waals surface area contributed by atoms with Crippen molar-refractivity contribution in [3.05, 3.63) is 96.1 Å². The number of hydrogen-bond donors (Lipinski definition) is 0. The van der Waals surface area contributed by atoms with E-state index in [1.165, 1.54) is 10.7 Å². The summed E-state index contributed by atoms with van der Waals surface area (Å²) in [6.45, 7) is 0.465. The monoisotopic (exact) mass is 359 g/mol. The summed E-state index contributed by atoms with van der Waals surface area (Å²) in [6, 6.07) is 22.1. The van der Waals surface area contributed by atoms with Crippen LogP contribution in [0, 0.1) is 5.82 Å². The van der Waals surface area contributed by atoms with E-state index < -0.39 is 0 Å². The average molecular weight is 359 g/mol. The van der Waals surface area contributed by atoms with Gasteiger partial charge in [0.25, 0.3) is 5.91 Å². The van der Waals surface area contributed by atoms with Gasteiger partial charge in [-0.05, 0) is 34.5 Å². The van der Waals surface area contributed by atoms with Crippen LogP contribution in [0.1, 0.15) is 16.1 Å². The largest absolute Gasteiger partial charge is 0.336 e. The van der Waals surface area contributed by atoms with Gasteiger partial charge in [-0.1, -0.05) is 54.6 Å². The van der Waals surface area contributed by atoms with Gasteiger partial charge in [-0.3, -0.25) is 4.79 Å². The molecule has 1 heterocycles. The van der Waals surface area contributed by atoms with Gasteiger partial charge in [0.2, 0.25) is 0 Å². The van der Waals surface area contributed by atoms with Gasteiger partial charge >= 0.3 is 0 Å². The topological polar surface area (TPSA) is 38.1 Å². The van der Waals surface area contributed by atoms with E-state index in [-0.39, 0.29) is 17.4 Å². The second kappa shape index (κ2) is 7.03. The van der Waals surface area contributed by atoms with Crippen molar-refractivity contribution >= 4 is 16.7 Å². The van der Waals surface area contributed by atoms with E-state index >= 15 is 0 Å². The average Bonchev–Trinajstić information content (AvgIpc) is 3.18. The van der Waals surface area contributed by atoms with Crippen LogP contribution in [0.2, 0.25) is 0 Å². The van der Waals surface area contributed by atoms with Crippen molar-refractivity contribution < 1.29 is 9.18 Å². The number of aromatic nitrogens is 2. The van der Waals surface area contributed by atoms with E-state index in [9.17, 15) is 9.18 Å². The minimum absolute atomic E-state index is 0.210. The third kappa shape index (κ3) is 3.31. The third-order valence-corrected chi connectivity index (χ3v) is 4.54. The third-order valence-electron chi connectivity index (χ3n) is 4.54. The molecule has 3 aromatic carbocycles. The van der Waals surface area contributed by atoms with Gasteiger partial charge in [-0.15, -0.1) is 0 Å². The zero-order valence-corrected chi connectivity index (χ0v) is 14.8. The van der Waals surface area contributed by atoms with Crippen molar-refractivity contribution in [3.8, 4) is 5.69 Å². The Balaban J connectivity index is 1.57. The Bertz CT molecular complexity index is 1110. The molecule has 0 aliphatic rings. The lowest BCUT2D eigenvalue weighted by Crippen LogP contribution is -2.26. The second-order valence-corrected chi connectivity index (χ2v) is 6.40. The summed E-state index contributed by atoms with van der Waals surface area (Å²) in [5.41, 5.74) is 1.66. The van der Waals surface area contributed by atoms with Crippen LogP contribution in [0.3, 0.4) is 0 Å². The Labute approximate surface area is 156 Å². The number of fused-ring (bicyclic) bond motifs is 1. The van der Waals surface area contributed by atoms with Crippen LogP contribution in [0.15, 0.2) is 79.0 Å². The van der Waals surface area contributed by atoms with Gasteiger partial charge in [0, 0.05) is 19.8 Å². The van der Waals surface area contributed by atoms with Gasteiger partial charge in [0.05, 0.1) is 0 Å². The molecule has 4 aromatic rings. The number of hydrogen-bond acceptors (Lipinski definition) is 2. The molecular formula is C22H18FN3O. The second-order valence-electron chi connectivity index (χ2n) is 6.40. The van der Waals surface area contributed by atoms with E-state index in [2.05, 4.69) is 23.3 Å². The maximum Gasteiger partial charge on any atom is 0.274 e. The molecule has 0 radical (unpaired) electrons. The number of carbonyl (C=O) groups is 1. The SMILES string of the molecule is CN(Cc1cccc2ccccc12)C(=O)c1ccn(-c2ccccc2F)n1. The first-order valence-electron chi connectivity index (χ1n) is 8.66. The Kier molecular flexibility index (Phi) is 4.42. The number of nitrogens with zero attached hydrogens (tertiary/aromatic N) is 3. The lowest BCUT2D eigenvalue weighted by atomic mass is 10.0. The fraction of sp³-hybridized carbons (Fsp3) is 0.0909. The van der Waals surface area contributed by atoms with Gasteiger partial charge < -0.3 is 4.90 Å². The molecule has 0 saturated heterocycles. The van der Waals surface area contributed by atoms with Crippen LogP contribution in [-0.2, 0) is 6.54 Å². The maximum absolute atomic E-state index is 13.9. The Morgan fingerprint density at radius 1 is 1.00 bits per heavy atom.